The van der Waals surface area contributed by atoms with Crippen LogP contribution < -0.4 is 5.32 Å². The van der Waals surface area contributed by atoms with E-state index >= 15 is 0 Å². The van der Waals surface area contributed by atoms with Crippen LogP contribution in [0, 0.1) is 5.92 Å². The highest BCUT2D eigenvalue weighted by Crippen LogP contribution is 2.34. The molecule has 1 N–H and O–H groups in total. The molecule has 2 aliphatic rings. The Balaban J connectivity index is 1.62. The SMILES string of the molecule is CNC(Cc1ccn(C2CCCC2)n1)C1CC1. The number of hydrogen-bond donors (Lipinski definition) is 1. The van der Waals surface area contributed by atoms with Crippen molar-refractivity contribution < 1.29 is 0 Å². The van der Waals surface area contributed by atoms with Gasteiger partial charge in [-0.1, -0.05) is 12.8 Å². The Morgan fingerprint density at radius 3 is 2.76 bits per heavy atom. The van der Waals surface area contributed by atoms with Gasteiger partial charge in [0.15, 0.2) is 0 Å². The van der Waals surface area contributed by atoms with E-state index in [1.54, 1.807) is 0 Å². The van der Waals surface area contributed by atoms with E-state index in [0.717, 1.165) is 12.3 Å². The summed E-state index contributed by atoms with van der Waals surface area (Å²) in [7, 11) is 2.08. The maximum atomic E-state index is 4.77. The molecule has 1 atom stereocenters. The standard InChI is InChI=1S/C14H23N3/c1-15-14(11-6-7-11)10-12-8-9-17(16-12)13-4-2-3-5-13/h8-9,11,13-15H,2-7,10H2,1H3. The van der Waals surface area contributed by atoms with Crippen LogP contribution in [0.1, 0.15) is 50.3 Å². The van der Waals surface area contributed by atoms with Crippen molar-refractivity contribution >= 4 is 0 Å². The molecule has 2 aliphatic carbocycles. The van der Waals surface area contributed by atoms with Gasteiger partial charge in [-0.05, 0) is 44.7 Å². The molecule has 0 amide bonds. The minimum Gasteiger partial charge on any atom is -0.316 e. The zero-order valence-electron chi connectivity index (χ0n) is 10.7. The summed E-state index contributed by atoms with van der Waals surface area (Å²) in [6.07, 6.45) is 11.5. The molecule has 1 aromatic rings. The number of aromatic nitrogens is 2. The lowest BCUT2D eigenvalue weighted by Gasteiger charge is -2.13. The van der Waals surface area contributed by atoms with E-state index in [-0.39, 0.29) is 0 Å². The maximum Gasteiger partial charge on any atom is 0.0640 e. The zero-order valence-corrected chi connectivity index (χ0v) is 10.7. The number of rotatable bonds is 5. The van der Waals surface area contributed by atoms with Gasteiger partial charge in [0.25, 0.3) is 0 Å². The van der Waals surface area contributed by atoms with Gasteiger partial charge in [-0.15, -0.1) is 0 Å². The molecule has 1 unspecified atom stereocenters. The van der Waals surface area contributed by atoms with E-state index in [2.05, 4.69) is 29.3 Å². The number of hydrogen-bond acceptors (Lipinski definition) is 2. The third-order valence-electron chi connectivity index (χ3n) is 4.35. The van der Waals surface area contributed by atoms with Crippen LogP contribution in [-0.2, 0) is 6.42 Å². The summed E-state index contributed by atoms with van der Waals surface area (Å²) in [4.78, 5) is 0. The molecular formula is C14H23N3. The van der Waals surface area contributed by atoms with Crippen LogP contribution in [0.25, 0.3) is 0 Å². The van der Waals surface area contributed by atoms with Gasteiger partial charge in [0.05, 0.1) is 11.7 Å². The first kappa shape index (κ1) is 11.3. The molecule has 0 radical (unpaired) electrons. The average molecular weight is 233 g/mol. The first-order valence-electron chi connectivity index (χ1n) is 7.08. The van der Waals surface area contributed by atoms with Gasteiger partial charge in [-0.2, -0.15) is 5.10 Å². The summed E-state index contributed by atoms with van der Waals surface area (Å²) in [6, 6.07) is 3.53. The predicted octanol–water partition coefficient (Wildman–Crippen LogP) is 2.54. The molecule has 1 heterocycles. The highest BCUT2D eigenvalue weighted by molar-refractivity contribution is 5.04. The van der Waals surface area contributed by atoms with Crippen LogP contribution in [0.15, 0.2) is 12.3 Å². The van der Waals surface area contributed by atoms with Crippen molar-refractivity contribution in [2.45, 2.75) is 57.0 Å². The second-order valence-electron chi connectivity index (χ2n) is 5.66. The van der Waals surface area contributed by atoms with E-state index in [1.165, 1.54) is 44.2 Å². The second kappa shape index (κ2) is 4.81. The lowest BCUT2D eigenvalue weighted by atomic mass is 10.1. The van der Waals surface area contributed by atoms with E-state index in [1.807, 2.05) is 0 Å². The van der Waals surface area contributed by atoms with Gasteiger partial charge in [0.2, 0.25) is 0 Å². The fraction of sp³-hybridized carbons (Fsp3) is 0.786. The highest BCUT2D eigenvalue weighted by atomic mass is 15.3. The van der Waals surface area contributed by atoms with Gasteiger partial charge in [0, 0.05) is 18.7 Å². The van der Waals surface area contributed by atoms with Crippen LogP contribution in [-0.4, -0.2) is 22.9 Å². The minimum atomic E-state index is 0.641. The van der Waals surface area contributed by atoms with Crippen LogP contribution in [0.4, 0.5) is 0 Å². The van der Waals surface area contributed by atoms with Gasteiger partial charge < -0.3 is 5.32 Å². The van der Waals surface area contributed by atoms with E-state index in [4.69, 9.17) is 5.10 Å². The van der Waals surface area contributed by atoms with Crippen LogP contribution in [0.3, 0.4) is 0 Å². The van der Waals surface area contributed by atoms with Gasteiger partial charge >= 0.3 is 0 Å². The Morgan fingerprint density at radius 2 is 2.12 bits per heavy atom. The van der Waals surface area contributed by atoms with E-state index in [9.17, 15) is 0 Å². The average Bonchev–Trinajstić information content (AvgIpc) is 2.88. The Labute approximate surface area is 104 Å². The summed E-state index contributed by atoms with van der Waals surface area (Å²) < 4.78 is 2.21. The van der Waals surface area contributed by atoms with Crippen molar-refractivity contribution in [1.82, 2.24) is 15.1 Å². The van der Waals surface area contributed by atoms with Crippen molar-refractivity contribution in [3.63, 3.8) is 0 Å². The van der Waals surface area contributed by atoms with Crippen molar-refractivity contribution in [3.05, 3.63) is 18.0 Å². The Morgan fingerprint density at radius 1 is 1.35 bits per heavy atom. The molecule has 3 heteroatoms. The van der Waals surface area contributed by atoms with Crippen molar-refractivity contribution in [2.24, 2.45) is 5.92 Å². The lowest BCUT2D eigenvalue weighted by molar-refractivity contribution is 0.451. The Kier molecular flexibility index (Phi) is 3.19. The molecule has 2 fully saturated rings. The van der Waals surface area contributed by atoms with E-state index in [0.29, 0.717) is 12.1 Å². The summed E-state index contributed by atoms with van der Waals surface area (Å²) >= 11 is 0. The molecule has 0 spiro atoms. The summed E-state index contributed by atoms with van der Waals surface area (Å²) in [5.41, 5.74) is 1.27. The second-order valence-corrected chi connectivity index (χ2v) is 5.66. The van der Waals surface area contributed by atoms with Crippen LogP contribution in [0.5, 0.6) is 0 Å². The topological polar surface area (TPSA) is 29.9 Å². The van der Waals surface area contributed by atoms with Crippen LogP contribution in [0.2, 0.25) is 0 Å². The molecule has 0 aromatic carbocycles. The normalized spacial score (nSPS) is 23.1. The highest BCUT2D eigenvalue weighted by Gasteiger charge is 2.30. The first-order valence-corrected chi connectivity index (χ1v) is 7.08. The monoisotopic (exact) mass is 233 g/mol. The fourth-order valence-corrected chi connectivity index (χ4v) is 3.09. The number of nitrogens with one attached hydrogen (secondary N) is 1. The van der Waals surface area contributed by atoms with Crippen molar-refractivity contribution in [3.8, 4) is 0 Å². The predicted molar refractivity (Wildman–Crippen MR) is 69.0 cm³/mol. The van der Waals surface area contributed by atoms with Gasteiger partial charge in [-0.3, -0.25) is 4.68 Å². The van der Waals surface area contributed by atoms with Crippen LogP contribution >= 0.6 is 0 Å². The molecule has 17 heavy (non-hydrogen) atoms. The van der Waals surface area contributed by atoms with Crippen molar-refractivity contribution in [2.75, 3.05) is 7.05 Å². The molecule has 0 bridgehead atoms. The molecule has 3 rings (SSSR count). The largest absolute Gasteiger partial charge is 0.316 e. The summed E-state index contributed by atoms with van der Waals surface area (Å²) in [5, 5.41) is 8.21. The Bertz CT molecular complexity index is 361. The fourth-order valence-electron chi connectivity index (χ4n) is 3.09. The number of nitrogens with zero attached hydrogens (tertiary/aromatic N) is 2. The van der Waals surface area contributed by atoms with Gasteiger partial charge in [-0.25, -0.2) is 0 Å². The first-order chi connectivity index (χ1) is 8.36. The maximum absolute atomic E-state index is 4.77. The van der Waals surface area contributed by atoms with E-state index < -0.39 is 0 Å². The molecule has 0 saturated heterocycles. The quantitative estimate of drug-likeness (QED) is 0.847. The molecule has 3 nitrogen and oxygen atoms in total. The smallest absolute Gasteiger partial charge is 0.0640 e. The molecule has 94 valence electrons. The zero-order chi connectivity index (χ0) is 11.7. The number of likely N-dealkylation sites (N-methyl/N-ethyl adjacent to an activating group) is 1. The van der Waals surface area contributed by atoms with Crippen molar-refractivity contribution in [1.29, 1.82) is 0 Å². The minimum absolute atomic E-state index is 0.641. The molecule has 1 aromatic heterocycles. The molecular weight excluding hydrogens is 210 g/mol. The molecule has 2 saturated carbocycles. The molecule has 0 aliphatic heterocycles. The van der Waals surface area contributed by atoms with Gasteiger partial charge in [0.1, 0.15) is 0 Å². The third kappa shape index (κ3) is 2.54. The summed E-state index contributed by atoms with van der Waals surface area (Å²) in [5.74, 6) is 0.900. The third-order valence-corrected chi connectivity index (χ3v) is 4.35. The lowest BCUT2D eigenvalue weighted by Crippen LogP contribution is -2.29. The summed E-state index contributed by atoms with van der Waals surface area (Å²) in [6.45, 7) is 0. The Hall–Kier alpha value is -0.830.